The van der Waals surface area contributed by atoms with Crippen LogP contribution in [0.5, 0.6) is 5.75 Å². The Morgan fingerprint density at radius 1 is 1.53 bits per heavy atom. The fourth-order valence-corrected chi connectivity index (χ4v) is 1.22. The van der Waals surface area contributed by atoms with E-state index in [1.165, 1.54) is 12.1 Å². The zero-order valence-corrected chi connectivity index (χ0v) is 9.53. The Morgan fingerprint density at radius 2 is 2.13 bits per heavy atom. The van der Waals surface area contributed by atoms with Gasteiger partial charge in [-0.2, -0.15) is 13.5 Å². The molecular formula is C9H12ClNO3S. The predicted molar refractivity (Wildman–Crippen MR) is 62.8 cm³/mol. The molecule has 1 unspecified atom stereocenters. The molecule has 0 saturated heterocycles. The summed E-state index contributed by atoms with van der Waals surface area (Å²) in [6.45, 7) is 0. The molecular weight excluding hydrogens is 238 g/mol. The lowest BCUT2D eigenvalue weighted by molar-refractivity contribution is -0.138. The van der Waals surface area contributed by atoms with Gasteiger partial charge in [0.25, 0.3) is 0 Å². The van der Waals surface area contributed by atoms with E-state index >= 15 is 0 Å². The first kappa shape index (κ1) is 14.1. The molecule has 0 amide bonds. The topological polar surface area (TPSA) is 83.5 Å². The highest BCUT2D eigenvalue weighted by molar-refractivity contribution is 7.59. The van der Waals surface area contributed by atoms with Crippen LogP contribution in [0.4, 0.5) is 0 Å². The monoisotopic (exact) mass is 249 g/mol. The first-order chi connectivity index (χ1) is 6.50. The largest absolute Gasteiger partial charge is 0.506 e. The maximum absolute atomic E-state index is 10.4. The molecule has 0 aliphatic rings. The van der Waals surface area contributed by atoms with Gasteiger partial charge in [0.15, 0.2) is 0 Å². The fraction of sp³-hybridized carbons (Fsp3) is 0.222. The molecule has 15 heavy (non-hydrogen) atoms. The van der Waals surface area contributed by atoms with Crippen molar-refractivity contribution in [3.63, 3.8) is 0 Å². The summed E-state index contributed by atoms with van der Waals surface area (Å²) in [6.07, 6.45) is 0.190. The maximum atomic E-state index is 10.4. The van der Waals surface area contributed by atoms with Crippen molar-refractivity contribution in [2.75, 3.05) is 0 Å². The van der Waals surface area contributed by atoms with Crippen LogP contribution in [0.15, 0.2) is 18.2 Å². The molecule has 0 aromatic heterocycles. The van der Waals surface area contributed by atoms with E-state index in [1.54, 1.807) is 6.07 Å². The van der Waals surface area contributed by atoms with E-state index in [9.17, 15) is 4.79 Å². The lowest BCUT2D eigenvalue weighted by Gasteiger charge is -2.06. The Balaban J connectivity index is 0.00000196. The van der Waals surface area contributed by atoms with Crippen molar-refractivity contribution < 1.29 is 15.0 Å². The Hall–Kier alpha value is -0.910. The summed E-state index contributed by atoms with van der Waals surface area (Å²) >= 11 is 5.64. The molecule has 0 fully saturated rings. The first-order valence-corrected chi connectivity index (χ1v) is 4.34. The van der Waals surface area contributed by atoms with Crippen molar-refractivity contribution in [3.05, 3.63) is 28.8 Å². The van der Waals surface area contributed by atoms with Crippen LogP contribution in [0.3, 0.4) is 0 Å². The quantitative estimate of drug-likeness (QED) is 0.749. The van der Waals surface area contributed by atoms with Gasteiger partial charge in [-0.1, -0.05) is 17.7 Å². The second kappa shape index (κ2) is 5.85. The van der Waals surface area contributed by atoms with Gasteiger partial charge in [0.2, 0.25) is 0 Å². The first-order valence-electron chi connectivity index (χ1n) is 3.96. The molecule has 1 aromatic carbocycles. The number of phenolic OH excluding ortho intramolecular Hbond substituents is 1. The number of halogens is 1. The van der Waals surface area contributed by atoms with E-state index < -0.39 is 12.0 Å². The molecule has 4 nitrogen and oxygen atoms in total. The van der Waals surface area contributed by atoms with Crippen LogP contribution in [0.2, 0.25) is 5.02 Å². The minimum atomic E-state index is -1.06. The predicted octanol–water partition coefficient (Wildman–Crippen LogP) is 1.11. The lowest BCUT2D eigenvalue weighted by atomic mass is 10.1. The summed E-state index contributed by atoms with van der Waals surface area (Å²) in [7, 11) is 0. The second-order valence-corrected chi connectivity index (χ2v) is 3.34. The van der Waals surface area contributed by atoms with Gasteiger partial charge < -0.3 is 15.9 Å². The highest BCUT2D eigenvalue weighted by atomic mass is 35.5. The molecule has 0 aliphatic carbocycles. The van der Waals surface area contributed by atoms with E-state index in [2.05, 4.69) is 0 Å². The van der Waals surface area contributed by atoms with Crippen LogP contribution in [-0.4, -0.2) is 22.2 Å². The summed E-state index contributed by atoms with van der Waals surface area (Å²) in [5, 5.41) is 17.9. The normalized spacial score (nSPS) is 11.6. The Morgan fingerprint density at radius 3 is 2.60 bits per heavy atom. The third-order valence-electron chi connectivity index (χ3n) is 1.78. The van der Waals surface area contributed by atoms with Crippen molar-refractivity contribution in [1.82, 2.24) is 0 Å². The molecule has 1 aromatic rings. The molecule has 4 N–H and O–H groups in total. The van der Waals surface area contributed by atoms with Gasteiger partial charge in [-0.25, -0.2) is 0 Å². The number of rotatable bonds is 3. The molecule has 0 saturated carbocycles. The number of nitrogens with two attached hydrogens (primary N) is 1. The maximum Gasteiger partial charge on any atom is 0.320 e. The summed E-state index contributed by atoms with van der Waals surface area (Å²) in [5.74, 6) is -1.09. The smallest absolute Gasteiger partial charge is 0.320 e. The molecule has 0 bridgehead atoms. The number of carboxylic acid groups (broad SMARTS) is 1. The average Bonchev–Trinajstić information content (AvgIpc) is 2.11. The Labute approximate surface area is 99.1 Å². The summed E-state index contributed by atoms with van der Waals surface area (Å²) in [4.78, 5) is 10.4. The molecule has 1 rings (SSSR count). The van der Waals surface area contributed by atoms with Gasteiger partial charge in [0.05, 0.1) is 5.02 Å². The van der Waals surface area contributed by atoms with Gasteiger partial charge in [0.1, 0.15) is 11.8 Å². The van der Waals surface area contributed by atoms with E-state index in [0.29, 0.717) is 5.56 Å². The van der Waals surface area contributed by atoms with Crippen molar-refractivity contribution in [1.29, 1.82) is 0 Å². The molecule has 0 aliphatic heterocycles. The van der Waals surface area contributed by atoms with Crippen molar-refractivity contribution in [2.45, 2.75) is 12.5 Å². The van der Waals surface area contributed by atoms with Gasteiger partial charge in [-0.15, -0.1) is 0 Å². The van der Waals surface area contributed by atoms with Gasteiger partial charge >= 0.3 is 5.97 Å². The zero-order chi connectivity index (χ0) is 10.7. The Bertz CT molecular complexity index is 359. The number of hydrogen-bond acceptors (Lipinski definition) is 3. The van der Waals surface area contributed by atoms with Crippen molar-refractivity contribution in [3.8, 4) is 5.75 Å². The summed E-state index contributed by atoms with van der Waals surface area (Å²) < 4.78 is 0. The minimum Gasteiger partial charge on any atom is -0.506 e. The molecule has 6 heteroatoms. The summed E-state index contributed by atoms with van der Waals surface area (Å²) in [5.41, 5.74) is 6.01. The van der Waals surface area contributed by atoms with Crippen LogP contribution in [0.25, 0.3) is 0 Å². The minimum absolute atomic E-state index is 0. The highest BCUT2D eigenvalue weighted by Crippen LogP contribution is 2.23. The average molecular weight is 250 g/mol. The number of phenols is 1. The standard InChI is InChI=1S/C9H10ClNO3.H2S/c10-6-3-5(1-2-8(6)12)4-7(11)9(13)14;/h1-3,7,12H,4,11H2,(H,13,14);1H2. The van der Waals surface area contributed by atoms with Crippen LogP contribution in [0.1, 0.15) is 5.56 Å². The number of carboxylic acids is 1. The molecule has 84 valence electrons. The van der Waals surface area contributed by atoms with E-state index in [-0.39, 0.29) is 30.7 Å². The number of carbonyl (C=O) groups is 1. The summed E-state index contributed by atoms with van der Waals surface area (Å²) in [6, 6.07) is 3.55. The lowest BCUT2D eigenvalue weighted by Crippen LogP contribution is -2.32. The number of hydrogen-bond donors (Lipinski definition) is 3. The van der Waals surface area contributed by atoms with E-state index in [4.69, 9.17) is 27.5 Å². The molecule has 0 radical (unpaired) electrons. The SMILES string of the molecule is NC(Cc1ccc(O)c(Cl)c1)C(=O)O.S. The third kappa shape index (κ3) is 3.99. The number of aromatic hydroxyl groups is 1. The van der Waals surface area contributed by atoms with Crippen LogP contribution < -0.4 is 5.73 Å². The zero-order valence-electron chi connectivity index (χ0n) is 7.77. The van der Waals surface area contributed by atoms with Gasteiger partial charge in [-0.05, 0) is 24.1 Å². The van der Waals surface area contributed by atoms with Gasteiger partial charge in [0, 0.05) is 0 Å². The van der Waals surface area contributed by atoms with E-state index in [0.717, 1.165) is 0 Å². The number of aliphatic carboxylic acids is 1. The van der Waals surface area contributed by atoms with Gasteiger partial charge in [-0.3, -0.25) is 4.79 Å². The van der Waals surface area contributed by atoms with E-state index in [1.807, 2.05) is 0 Å². The van der Waals surface area contributed by atoms with Crippen LogP contribution in [0, 0.1) is 0 Å². The van der Waals surface area contributed by atoms with Crippen molar-refractivity contribution in [2.24, 2.45) is 5.73 Å². The number of benzene rings is 1. The third-order valence-corrected chi connectivity index (χ3v) is 2.09. The fourth-order valence-electron chi connectivity index (χ4n) is 1.02. The molecule has 1 atom stereocenters. The van der Waals surface area contributed by atoms with Crippen LogP contribution >= 0.6 is 25.1 Å². The van der Waals surface area contributed by atoms with Crippen molar-refractivity contribution >= 4 is 31.1 Å². The second-order valence-electron chi connectivity index (χ2n) is 2.93. The molecule has 0 spiro atoms. The Kier molecular flexibility index (Phi) is 5.49. The van der Waals surface area contributed by atoms with Crippen LogP contribution in [-0.2, 0) is 11.2 Å². The molecule has 0 heterocycles. The highest BCUT2D eigenvalue weighted by Gasteiger charge is 2.12.